The fourth-order valence-electron chi connectivity index (χ4n) is 13.4. The maximum Gasteiger partial charge on any atom is 0.0548 e. The van der Waals surface area contributed by atoms with Crippen LogP contribution in [0.5, 0.6) is 0 Å². The Morgan fingerprint density at radius 2 is 0.427 bits per heavy atom. The summed E-state index contributed by atoms with van der Waals surface area (Å²) in [5, 5.41) is 9.78. The van der Waals surface area contributed by atoms with Gasteiger partial charge in [-0.2, -0.15) is 0 Å². The van der Waals surface area contributed by atoms with Crippen molar-refractivity contribution >= 4 is 87.2 Å². The minimum Gasteiger partial charge on any atom is -0.309 e. The summed E-state index contributed by atoms with van der Waals surface area (Å²) in [5.74, 6) is 0. The maximum atomic E-state index is 2.49. The summed E-state index contributed by atoms with van der Waals surface area (Å²) in [4.78, 5) is 0. The highest BCUT2D eigenvalue weighted by Gasteiger charge is 2.22. The van der Waals surface area contributed by atoms with E-state index in [0.717, 1.165) is 50.6 Å². The molecular weight excluding hydrogens is 993 g/mol. The first-order chi connectivity index (χ1) is 40.7. The van der Waals surface area contributed by atoms with Crippen molar-refractivity contribution < 1.29 is 0 Å². The molecule has 0 radical (unpaired) electrons. The van der Waals surface area contributed by atoms with Gasteiger partial charge in [-0.05, 0) is 160 Å². The van der Waals surface area contributed by atoms with Gasteiger partial charge < -0.3 is 18.3 Å². The average molecular weight is 1040 g/mol. The molecule has 17 rings (SSSR count). The molecule has 0 fully saturated rings. The van der Waals surface area contributed by atoms with E-state index in [0.29, 0.717) is 0 Å². The van der Waals surface area contributed by atoms with Gasteiger partial charge in [0.05, 0.1) is 44.1 Å². The van der Waals surface area contributed by atoms with E-state index in [1.54, 1.807) is 0 Å². The van der Waals surface area contributed by atoms with Crippen molar-refractivity contribution in [2.45, 2.75) is 0 Å². The summed E-state index contributed by atoms with van der Waals surface area (Å²) in [5.41, 5.74) is 23.4. The molecule has 0 spiro atoms. The molecule has 4 aromatic heterocycles. The lowest BCUT2D eigenvalue weighted by molar-refractivity contribution is 1.17. The number of fused-ring (bicyclic) bond motifs is 12. The van der Waals surface area contributed by atoms with Crippen LogP contribution < -0.4 is 0 Å². The molecule has 0 bridgehead atoms. The molecule has 0 aliphatic rings. The number of para-hydroxylation sites is 5. The highest BCUT2D eigenvalue weighted by molar-refractivity contribution is 6.21. The molecule has 4 heteroatoms. The van der Waals surface area contributed by atoms with Crippen LogP contribution >= 0.6 is 0 Å². The first kappa shape index (κ1) is 46.0. The van der Waals surface area contributed by atoms with Crippen molar-refractivity contribution in [2.24, 2.45) is 0 Å². The molecule has 17 aromatic rings. The molecule has 0 saturated heterocycles. The monoisotopic (exact) mass is 1040 g/mol. The van der Waals surface area contributed by atoms with Gasteiger partial charge in [0.15, 0.2) is 0 Å². The molecule has 0 atom stereocenters. The fourth-order valence-corrected chi connectivity index (χ4v) is 13.4. The summed E-state index contributed by atoms with van der Waals surface area (Å²) in [7, 11) is 0. The van der Waals surface area contributed by atoms with Crippen LogP contribution in [0.2, 0.25) is 0 Å². The van der Waals surface area contributed by atoms with Gasteiger partial charge in [-0.25, -0.2) is 0 Å². The van der Waals surface area contributed by atoms with Gasteiger partial charge in [-0.3, -0.25) is 0 Å². The maximum absolute atomic E-state index is 2.49. The summed E-state index contributed by atoms with van der Waals surface area (Å²) in [6, 6.07) is 112. The van der Waals surface area contributed by atoms with Crippen LogP contribution in [0.3, 0.4) is 0 Å². The summed E-state index contributed by atoms with van der Waals surface area (Å²) < 4.78 is 9.81. The first-order valence-electron chi connectivity index (χ1n) is 28.2. The third-order valence-electron chi connectivity index (χ3n) is 17.1. The smallest absolute Gasteiger partial charge is 0.0548 e. The lowest BCUT2D eigenvalue weighted by Crippen LogP contribution is -1.96. The molecule has 13 aromatic carbocycles. The molecule has 0 unspecified atom stereocenters. The zero-order valence-corrected chi connectivity index (χ0v) is 44.7. The minimum atomic E-state index is 1.12. The van der Waals surface area contributed by atoms with Gasteiger partial charge in [0, 0.05) is 65.8 Å². The Bertz CT molecular complexity index is 5370. The van der Waals surface area contributed by atoms with Gasteiger partial charge in [0.1, 0.15) is 0 Å². The Morgan fingerprint density at radius 1 is 0.134 bits per heavy atom. The highest BCUT2D eigenvalue weighted by Crippen LogP contribution is 2.44. The van der Waals surface area contributed by atoms with Crippen LogP contribution in [0.25, 0.3) is 154 Å². The number of nitrogens with zero attached hydrogens (tertiary/aromatic N) is 4. The third kappa shape index (κ3) is 7.18. The van der Waals surface area contributed by atoms with Crippen LogP contribution in [-0.2, 0) is 0 Å². The quantitative estimate of drug-likeness (QED) is 0.145. The van der Waals surface area contributed by atoms with Gasteiger partial charge in [0.25, 0.3) is 0 Å². The number of rotatable bonds is 8. The van der Waals surface area contributed by atoms with Gasteiger partial charge in [-0.15, -0.1) is 0 Å². The van der Waals surface area contributed by atoms with Crippen molar-refractivity contribution in [1.82, 2.24) is 18.3 Å². The van der Waals surface area contributed by atoms with Crippen LogP contribution in [0.1, 0.15) is 0 Å². The predicted octanol–water partition coefficient (Wildman–Crippen LogP) is 20.7. The summed E-state index contributed by atoms with van der Waals surface area (Å²) in [6.45, 7) is 0. The topological polar surface area (TPSA) is 19.7 Å². The second kappa shape index (κ2) is 18.3. The van der Waals surface area contributed by atoms with E-state index in [1.165, 1.54) is 104 Å². The molecule has 0 amide bonds. The predicted molar refractivity (Wildman–Crippen MR) is 346 cm³/mol. The summed E-state index contributed by atoms with van der Waals surface area (Å²) >= 11 is 0. The second-order valence-corrected chi connectivity index (χ2v) is 21.7. The molecule has 4 heterocycles. The zero-order chi connectivity index (χ0) is 53.8. The van der Waals surface area contributed by atoms with E-state index in [2.05, 4.69) is 322 Å². The average Bonchev–Trinajstić information content (AvgIpc) is 4.46. The van der Waals surface area contributed by atoms with E-state index in [4.69, 9.17) is 0 Å². The molecular formula is C78H50N4. The lowest BCUT2D eigenvalue weighted by atomic mass is 9.95. The van der Waals surface area contributed by atoms with Crippen molar-refractivity contribution in [3.05, 3.63) is 303 Å². The zero-order valence-electron chi connectivity index (χ0n) is 44.7. The molecule has 4 nitrogen and oxygen atoms in total. The van der Waals surface area contributed by atoms with Crippen LogP contribution in [0, 0.1) is 0 Å². The van der Waals surface area contributed by atoms with Gasteiger partial charge in [0.2, 0.25) is 0 Å². The molecule has 82 heavy (non-hydrogen) atoms. The molecule has 0 aliphatic heterocycles. The Kier molecular flexibility index (Phi) is 10.3. The second-order valence-electron chi connectivity index (χ2n) is 21.7. The fraction of sp³-hybridized carbons (Fsp3) is 0. The van der Waals surface area contributed by atoms with Crippen molar-refractivity contribution in [1.29, 1.82) is 0 Å². The van der Waals surface area contributed by atoms with Crippen LogP contribution in [-0.4, -0.2) is 18.3 Å². The van der Waals surface area contributed by atoms with E-state index >= 15 is 0 Å². The van der Waals surface area contributed by atoms with Crippen molar-refractivity contribution in [2.75, 3.05) is 0 Å². The highest BCUT2D eigenvalue weighted by atomic mass is 15.0. The molecule has 0 aliphatic carbocycles. The van der Waals surface area contributed by atoms with Crippen molar-refractivity contribution in [3.63, 3.8) is 0 Å². The van der Waals surface area contributed by atoms with Gasteiger partial charge >= 0.3 is 0 Å². The van der Waals surface area contributed by atoms with Gasteiger partial charge in [-0.1, -0.05) is 188 Å². The normalized spacial score (nSPS) is 11.9. The van der Waals surface area contributed by atoms with Crippen molar-refractivity contribution in [3.8, 4) is 67.3 Å². The standard InChI is InChI=1S/C78H50N4/c1-5-21-51(22-6-1)55-27-20-32-61(43-55)81-72-37-17-14-34-64(72)68-49-78-70(50-76(68)81)66-46-56(39-40-74(66)80(78)60-30-11-4-12-31-60)53-25-19-26-54(41-53)58-42-57(52-23-7-2-8-24-52)44-62(45-58)82-73-38-18-15-35-65(73)69-47-75-67(48-77(69)82)63-33-13-16-36-71(63)79(75)59-28-9-3-10-29-59/h1-50H. The van der Waals surface area contributed by atoms with E-state index in [1.807, 2.05) is 0 Å². The number of aromatic nitrogens is 4. The summed E-state index contributed by atoms with van der Waals surface area (Å²) in [6.07, 6.45) is 0. The number of benzene rings is 13. The Hall–Kier alpha value is -10.9. The Balaban J connectivity index is 0.853. The molecule has 0 N–H and O–H groups in total. The Labute approximate surface area is 473 Å². The van der Waals surface area contributed by atoms with E-state index < -0.39 is 0 Å². The lowest BCUT2D eigenvalue weighted by Gasteiger charge is -2.15. The van der Waals surface area contributed by atoms with E-state index in [-0.39, 0.29) is 0 Å². The molecule has 382 valence electrons. The number of hydrogen-bond donors (Lipinski definition) is 0. The largest absolute Gasteiger partial charge is 0.309 e. The first-order valence-corrected chi connectivity index (χ1v) is 28.2. The Morgan fingerprint density at radius 3 is 0.939 bits per heavy atom. The van der Waals surface area contributed by atoms with Crippen LogP contribution in [0.4, 0.5) is 0 Å². The van der Waals surface area contributed by atoms with Crippen LogP contribution in [0.15, 0.2) is 303 Å². The SMILES string of the molecule is c1ccc(-c2cccc(-n3c4ccccc4c4cc5c(cc43)c3cc(-c4cccc(-c6cc(-c7ccccc7)cc(-n7c8ccccc8c8cc9c(cc87)c7ccccc7n9-c7ccccc7)c6)c4)ccc3n5-c3ccccc3)c2)cc1. The van der Waals surface area contributed by atoms with E-state index in [9.17, 15) is 0 Å². The third-order valence-corrected chi connectivity index (χ3v) is 17.1. The number of hydrogen-bond acceptors (Lipinski definition) is 0. The molecule has 0 saturated carbocycles. The minimum absolute atomic E-state index is 1.12.